The zero-order valence-electron chi connectivity index (χ0n) is 18.7. The molecule has 0 bridgehead atoms. The molecule has 1 fully saturated rings. The van der Waals surface area contributed by atoms with Crippen molar-refractivity contribution in [2.75, 3.05) is 11.9 Å². The van der Waals surface area contributed by atoms with Crippen molar-refractivity contribution in [2.24, 2.45) is 0 Å². The topological polar surface area (TPSA) is 59.6 Å². The van der Waals surface area contributed by atoms with E-state index in [2.05, 4.69) is 10.6 Å². The van der Waals surface area contributed by atoms with Crippen molar-refractivity contribution < 1.29 is 18.7 Å². The van der Waals surface area contributed by atoms with Gasteiger partial charge in [0.1, 0.15) is 12.4 Å². The second kappa shape index (κ2) is 10.8. The van der Waals surface area contributed by atoms with E-state index in [0.29, 0.717) is 28.0 Å². The molecule has 1 aliphatic rings. The monoisotopic (exact) mass is 498 g/mol. The minimum atomic E-state index is -0.289. The summed E-state index contributed by atoms with van der Waals surface area (Å²) in [6.07, 6.45) is 1.82. The highest BCUT2D eigenvalue weighted by Crippen LogP contribution is 2.34. The highest BCUT2D eigenvalue weighted by molar-refractivity contribution is 8.05. The number of benzene rings is 3. The number of rotatable bonds is 8. The minimum absolute atomic E-state index is 0.149. The van der Waals surface area contributed by atoms with Crippen molar-refractivity contribution in [1.82, 2.24) is 5.32 Å². The Morgan fingerprint density at radius 1 is 1.09 bits per heavy atom. The number of amides is 1. The van der Waals surface area contributed by atoms with Crippen LogP contribution in [0.3, 0.4) is 0 Å². The average Bonchev–Trinajstić information content (AvgIpc) is 3.15. The Bertz CT molecular complexity index is 1220. The van der Waals surface area contributed by atoms with Crippen molar-refractivity contribution >= 4 is 41.0 Å². The number of anilines is 1. The number of halogens is 2. The van der Waals surface area contributed by atoms with Crippen molar-refractivity contribution in [3.05, 3.63) is 93.1 Å². The summed E-state index contributed by atoms with van der Waals surface area (Å²) in [4.78, 5) is 13.1. The van der Waals surface area contributed by atoms with Crippen LogP contribution < -0.4 is 20.1 Å². The van der Waals surface area contributed by atoms with Gasteiger partial charge in [0.2, 0.25) is 0 Å². The standard InChI is InChI=1S/C26H24ClFN2O3S/c1-3-32-23-13-18(6-11-22(23)33-15-17-4-8-20(28)9-5-17)14-24-25(31)30-26(34-24)29-21-10-7-19(27)12-16(21)2/h4-14,26,29H,3,15H2,1-2H3,(H,30,31)/b24-14-. The summed E-state index contributed by atoms with van der Waals surface area (Å²) >= 11 is 7.44. The number of ether oxygens (including phenoxy) is 2. The van der Waals surface area contributed by atoms with Gasteiger partial charge in [-0.05, 0) is 79.1 Å². The second-order valence-corrected chi connectivity index (χ2v) is 9.22. The molecule has 0 aliphatic carbocycles. The SMILES string of the molecule is CCOc1cc(/C=C2\SC(Nc3ccc(Cl)cc3C)NC2=O)ccc1OCc1ccc(F)cc1. The van der Waals surface area contributed by atoms with Gasteiger partial charge in [0, 0.05) is 10.7 Å². The van der Waals surface area contributed by atoms with E-state index in [1.807, 2.05) is 56.3 Å². The minimum Gasteiger partial charge on any atom is -0.490 e. The van der Waals surface area contributed by atoms with Crippen molar-refractivity contribution in [1.29, 1.82) is 0 Å². The largest absolute Gasteiger partial charge is 0.490 e. The summed E-state index contributed by atoms with van der Waals surface area (Å²) in [5, 5.41) is 6.93. The molecule has 8 heteroatoms. The van der Waals surface area contributed by atoms with Crippen LogP contribution in [-0.4, -0.2) is 18.0 Å². The van der Waals surface area contributed by atoms with Crippen molar-refractivity contribution in [3.63, 3.8) is 0 Å². The molecule has 5 nitrogen and oxygen atoms in total. The second-order valence-electron chi connectivity index (χ2n) is 7.64. The Morgan fingerprint density at radius 3 is 2.62 bits per heavy atom. The fraction of sp³-hybridized carbons (Fsp3) is 0.192. The predicted octanol–water partition coefficient (Wildman–Crippen LogP) is 6.36. The first kappa shape index (κ1) is 24.0. The summed E-state index contributed by atoms with van der Waals surface area (Å²) in [6, 6.07) is 17.3. The van der Waals surface area contributed by atoms with Crippen LogP contribution in [0, 0.1) is 12.7 Å². The lowest BCUT2D eigenvalue weighted by molar-refractivity contribution is -0.116. The third-order valence-corrected chi connectivity index (χ3v) is 6.34. The molecule has 2 N–H and O–H groups in total. The molecule has 3 aromatic rings. The van der Waals surface area contributed by atoms with E-state index in [1.165, 1.54) is 23.9 Å². The molecule has 0 spiro atoms. The number of hydrogen-bond donors (Lipinski definition) is 2. The summed E-state index contributed by atoms with van der Waals surface area (Å²) in [7, 11) is 0. The lowest BCUT2D eigenvalue weighted by Gasteiger charge is -2.15. The maximum Gasteiger partial charge on any atom is 0.260 e. The number of thioether (sulfide) groups is 1. The van der Waals surface area contributed by atoms with E-state index < -0.39 is 0 Å². The Hall–Kier alpha value is -3.16. The number of carbonyl (C=O) groups is 1. The van der Waals surface area contributed by atoms with Crippen LogP contribution in [0.4, 0.5) is 10.1 Å². The van der Waals surface area contributed by atoms with Gasteiger partial charge in [-0.2, -0.15) is 0 Å². The summed E-state index contributed by atoms with van der Waals surface area (Å²) in [6.45, 7) is 4.61. The Balaban J connectivity index is 1.46. The van der Waals surface area contributed by atoms with Gasteiger partial charge >= 0.3 is 0 Å². The Labute approximate surface area is 207 Å². The average molecular weight is 499 g/mol. The molecule has 1 amide bonds. The third-order valence-electron chi connectivity index (χ3n) is 5.08. The molecule has 176 valence electrons. The first-order valence-corrected chi connectivity index (χ1v) is 12.0. The Morgan fingerprint density at radius 2 is 1.88 bits per heavy atom. The zero-order chi connectivity index (χ0) is 24.1. The molecule has 3 aromatic carbocycles. The van der Waals surface area contributed by atoms with Gasteiger partial charge in [0.25, 0.3) is 5.91 Å². The first-order valence-electron chi connectivity index (χ1n) is 10.8. The lowest BCUT2D eigenvalue weighted by Crippen LogP contribution is -2.31. The van der Waals surface area contributed by atoms with E-state index in [1.54, 1.807) is 12.1 Å². The van der Waals surface area contributed by atoms with E-state index in [4.69, 9.17) is 21.1 Å². The number of carbonyl (C=O) groups excluding carboxylic acids is 1. The highest BCUT2D eigenvalue weighted by atomic mass is 35.5. The molecular formula is C26H24ClFN2O3S. The Kier molecular flexibility index (Phi) is 7.65. The van der Waals surface area contributed by atoms with Gasteiger partial charge < -0.3 is 20.1 Å². The molecule has 1 heterocycles. The molecule has 1 atom stereocenters. The third kappa shape index (κ3) is 6.04. The number of nitrogens with one attached hydrogen (secondary N) is 2. The maximum atomic E-state index is 13.1. The normalized spacial score (nSPS) is 16.4. The molecule has 0 radical (unpaired) electrons. The van der Waals surface area contributed by atoms with Gasteiger partial charge in [-0.3, -0.25) is 4.79 Å². The van der Waals surface area contributed by atoms with Crippen LogP contribution >= 0.6 is 23.4 Å². The molecule has 1 unspecified atom stereocenters. The van der Waals surface area contributed by atoms with E-state index in [0.717, 1.165) is 22.4 Å². The summed E-state index contributed by atoms with van der Waals surface area (Å²) in [5.41, 5.74) is 3.28. The van der Waals surface area contributed by atoms with Gasteiger partial charge in [0.15, 0.2) is 17.0 Å². The fourth-order valence-corrected chi connectivity index (χ4v) is 4.59. The molecule has 34 heavy (non-hydrogen) atoms. The molecule has 0 aromatic heterocycles. The van der Waals surface area contributed by atoms with Crippen molar-refractivity contribution in [2.45, 2.75) is 26.0 Å². The summed E-state index contributed by atoms with van der Waals surface area (Å²) < 4.78 is 24.8. The zero-order valence-corrected chi connectivity index (χ0v) is 20.3. The van der Waals surface area contributed by atoms with Crippen LogP contribution in [0.1, 0.15) is 23.6 Å². The highest BCUT2D eigenvalue weighted by Gasteiger charge is 2.27. The van der Waals surface area contributed by atoms with Gasteiger partial charge in [-0.25, -0.2) is 4.39 Å². The van der Waals surface area contributed by atoms with E-state index in [9.17, 15) is 9.18 Å². The quantitative estimate of drug-likeness (QED) is 0.354. The van der Waals surface area contributed by atoms with Crippen LogP contribution in [0.15, 0.2) is 65.6 Å². The van der Waals surface area contributed by atoms with Gasteiger partial charge in [-0.1, -0.05) is 41.6 Å². The molecule has 0 saturated carbocycles. The molecule has 1 aliphatic heterocycles. The van der Waals surface area contributed by atoms with Crippen molar-refractivity contribution in [3.8, 4) is 11.5 Å². The van der Waals surface area contributed by atoms with Crippen LogP contribution in [0.2, 0.25) is 5.02 Å². The van der Waals surface area contributed by atoms with E-state index in [-0.39, 0.29) is 23.8 Å². The smallest absolute Gasteiger partial charge is 0.260 e. The fourth-order valence-electron chi connectivity index (χ4n) is 3.39. The lowest BCUT2D eigenvalue weighted by atomic mass is 10.2. The summed E-state index contributed by atoms with van der Waals surface area (Å²) in [5.74, 6) is 0.720. The number of aryl methyl sites for hydroxylation is 1. The van der Waals surface area contributed by atoms with Crippen LogP contribution in [-0.2, 0) is 11.4 Å². The predicted molar refractivity (Wildman–Crippen MR) is 136 cm³/mol. The maximum absolute atomic E-state index is 13.1. The van der Waals surface area contributed by atoms with Crippen LogP contribution in [0.25, 0.3) is 6.08 Å². The molecule has 1 saturated heterocycles. The van der Waals surface area contributed by atoms with Gasteiger partial charge in [0.05, 0.1) is 11.5 Å². The van der Waals surface area contributed by atoms with E-state index >= 15 is 0 Å². The van der Waals surface area contributed by atoms with Crippen LogP contribution in [0.5, 0.6) is 11.5 Å². The molecule has 4 rings (SSSR count). The first-order chi connectivity index (χ1) is 16.4. The van der Waals surface area contributed by atoms with Gasteiger partial charge in [-0.15, -0.1) is 0 Å². The number of hydrogen-bond acceptors (Lipinski definition) is 5. The molecular weight excluding hydrogens is 475 g/mol.